The molecule has 0 aliphatic carbocycles. The first kappa shape index (κ1) is 12.9. The summed E-state index contributed by atoms with van der Waals surface area (Å²) in [5, 5.41) is 0. The molecule has 6 heteroatoms. The van der Waals surface area contributed by atoms with Gasteiger partial charge in [-0.25, -0.2) is 5.48 Å². The summed E-state index contributed by atoms with van der Waals surface area (Å²) in [6.45, 7) is 2.01. The van der Waals surface area contributed by atoms with E-state index in [1.54, 1.807) is 6.92 Å². The molecular weight excluding hydrogens is 186 g/mol. The summed E-state index contributed by atoms with van der Waals surface area (Å²) in [7, 11) is 0. The molecule has 6 nitrogen and oxygen atoms in total. The molecule has 0 rings (SSSR count). The number of carbonyl (C=O) groups is 2. The molecule has 1 atom stereocenters. The van der Waals surface area contributed by atoms with E-state index in [4.69, 9.17) is 11.5 Å². The second-order valence-electron chi connectivity index (χ2n) is 3.05. The molecule has 0 saturated heterocycles. The fourth-order valence-corrected chi connectivity index (χ4v) is 0.834. The molecular formula is C8H17N3O3. The lowest BCUT2D eigenvalue weighted by Gasteiger charge is -2.10. The zero-order chi connectivity index (χ0) is 11.0. The number of hydroxylamine groups is 1. The monoisotopic (exact) mass is 203 g/mol. The average Bonchev–Trinajstić information content (AvgIpc) is 2.13. The van der Waals surface area contributed by atoms with Crippen molar-refractivity contribution in [3.63, 3.8) is 0 Å². The maximum atomic E-state index is 11.2. The highest BCUT2D eigenvalue weighted by Gasteiger charge is 2.12. The van der Waals surface area contributed by atoms with E-state index in [-0.39, 0.29) is 18.4 Å². The van der Waals surface area contributed by atoms with E-state index in [0.29, 0.717) is 13.0 Å². The van der Waals surface area contributed by atoms with Gasteiger partial charge in [-0.2, -0.15) is 0 Å². The summed E-state index contributed by atoms with van der Waals surface area (Å²) < 4.78 is 0. The van der Waals surface area contributed by atoms with Gasteiger partial charge in [0.2, 0.25) is 11.8 Å². The van der Waals surface area contributed by atoms with Crippen LogP contribution in [0.3, 0.4) is 0 Å². The van der Waals surface area contributed by atoms with Crippen LogP contribution in [0, 0.1) is 5.92 Å². The first-order valence-electron chi connectivity index (χ1n) is 4.48. The van der Waals surface area contributed by atoms with Gasteiger partial charge in [-0.1, -0.05) is 6.92 Å². The van der Waals surface area contributed by atoms with Gasteiger partial charge in [-0.15, -0.1) is 0 Å². The molecule has 14 heavy (non-hydrogen) atoms. The maximum Gasteiger partial charge on any atom is 0.246 e. The predicted molar refractivity (Wildman–Crippen MR) is 50.7 cm³/mol. The van der Waals surface area contributed by atoms with E-state index >= 15 is 0 Å². The summed E-state index contributed by atoms with van der Waals surface area (Å²) in [6, 6.07) is 0. The Morgan fingerprint density at radius 2 is 2.14 bits per heavy atom. The van der Waals surface area contributed by atoms with Gasteiger partial charge in [-0.05, 0) is 19.4 Å². The molecule has 82 valence electrons. The van der Waals surface area contributed by atoms with Crippen molar-refractivity contribution in [3.8, 4) is 0 Å². The fourth-order valence-electron chi connectivity index (χ4n) is 0.834. The fraction of sp³-hybridized carbons (Fsp3) is 0.750. The zero-order valence-electron chi connectivity index (χ0n) is 8.29. The standard InChI is InChI=1S/C8H17N3O3/c1-6(3-2-4-9)8(13)11-14-5-7(10)12/h6H,2-5,9H2,1H3,(H2,10,12)(H,11,13). The van der Waals surface area contributed by atoms with Crippen molar-refractivity contribution in [1.29, 1.82) is 0 Å². The van der Waals surface area contributed by atoms with Gasteiger partial charge in [0.05, 0.1) is 0 Å². The van der Waals surface area contributed by atoms with Crippen LogP contribution in [-0.2, 0) is 14.4 Å². The Labute approximate surface area is 82.9 Å². The summed E-state index contributed by atoms with van der Waals surface area (Å²) in [6.07, 6.45) is 1.48. The number of amides is 2. The summed E-state index contributed by atoms with van der Waals surface area (Å²) in [5.74, 6) is -1.06. The highest BCUT2D eigenvalue weighted by Crippen LogP contribution is 2.03. The first-order valence-corrected chi connectivity index (χ1v) is 4.48. The van der Waals surface area contributed by atoms with E-state index in [1.165, 1.54) is 0 Å². The lowest BCUT2D eigenvalue weighted by atomic mass is 10.1. The quantitative estimate of drug-likeness (QED) is 0.456. The molecule has 0 radical (unpaired) electrons. The van der Waals surface area contributed by atoms with Crippen molar-refractivity contribution in [1.82, 2.24) is 5.48 Å². The second kappa shape index (κ2) is 7.28. The number of hydrogen-bond donors (Lipinski definition) is 3. The van der Waals surface area contributed by atoms with Crippen LogP contribution in [0.2, 0.25) is 0 Å². The molecule has 0 heterocycles. The van der Waals surface area contributed by atoms with Crippen molar-refractivity contribution in [2.45, 2.75) is 19.8 Å². The van der Waals surface area contributed by atoms with Gasteiger partial charge < -0.3 is 11.5 Å². The minimum Gasteiger partial charge on any atom is -0.368 e. The smallest absolute Gasteiger partial charge is 0.246 e. The average molecular weight is 203 g/mol. The molecule has 0 bridgehead atoms. The van der Waals surface area contributed by atoms with Gasteiger partial charge in [-0.3, -0.25) is 14.4 Å². The van der Waals surface area contributed by atoms with Gasteiger partial charge in [0.15, 0.2) is 6.61 Å². The Morgan fingerprint density at radius 3 is 2.64 bits per heavy atom. The molecule has 0 aromatic carbocycles. The number of rotatable bonds is 7. The molecule has 0 aromatic heterocycles. The van der Waals surface area contributed by atoms with Crippen LogP contribution in [0.1, 0.15) is 19.8 Å². The largest absolute Gasteiger partial charge is 0.368 e. The first-order chi connectivity index (χ1) is 6.57. The van der Waals surface area contributed by atoms with Gasteiger partial charge in [0, 0.05) is 5.92 Å². The number of nitrogens with two attached hydrogens (primary N) is 2. The van der Waals surface area contributed by atoms with E-state index in [1.807, 2.05) is 0 Å². The summed E-state index contributed by atoms with van der Waals surface area (Å²) in [4.78, 5) is 26.0. The SMILES string of the molecule is CC(CCCN)C(=O)NOCC(N)=O. The topological polar surface area (TPSA) is 107 Å². The van der Waals surface area contributed by atoms with Crippen LogP contribution < -0.4 is 16.9 Å². The van der Waals surface area contributed by atoms with Gasteiger partial charge in [0.25, 0.3) is 0 Å². The van der Waals surface area contributed by atoms with Crippen molar-refractivity contribution >= 4 is 11.8 Å². The maximum absolute atomic E-state index is 11.2. The van der Waals surface area contributed by atoms with E-state index in [9.17, 15) is 9.59 Å². The van der Waals surface area contributed by atoms with Crippen molar-refractivity contribution in [2.75, 3.05) is 13.2 Å². The molecule has 0 saturated carbocycles. The Bertz CT molecular complexity index is 196. The summed E-state index contributed by atoms with van der Waals surface area (Å²) >= 11 is 0. The summed E-state index contributed by atoms with van der Waals surface area (Å²) in [5.41, 5.74) is 12.2. The highest BCUT2D eigenvalue weighted by molar-refractivity contribution is 5.78. The lowest BCUT2D eigenvalue weighted by molar-refractivity contribution is -0.141. The number of nitrogens with one attached hydrogen (secondary N) is 1. The third kappa shape index (κ3) is 6.38. The van der Waals surface area contributed by atoms with Crippen LogP contribution in [0.25, 0.3) is 0 Å². The Hall–Kier alpha value is -1.14. The van der Waals surface area contributed by atoms with Crippen LogP contribution in [-0.4, -0.2) is 25.0 Å². The van der Waals surface area contributed by atoms with Crippen molar-refractivity contribution < 1.29 is 14.4 Å². The molecule has 0 aliphatic heterocycles. The number of hydrogen-bond acceptors (Lipinski definition) is 4. The third-order valence-corrected chi connectivity index (χ3v) is 1.68. The van der Waals surface area contributed by atoms with Crippen LogP contribution in [0.5, 0.6) is 0 Å². The van der Waals surface area contributed by atoms with Gasteiger partial charge >= 0.3 is 0 Å². The minimum atomic E-state index is -0.625. The lowest BCUT2D eigenvalue weighted by Crippen LogP contribution is -2.33. The Balaban J connectivity index is 3.56. The number of carbonyl (C=O) groups excluding carboxylic acids is 2. The molecule has 5 N–H and O–H groups in total. The van der Waals surface area contributed by atoms with E-state index < -0.39 is 5.91 Å². The van der Waals surface area contributed by atoms with E-state index in [2.05, 4.69) is 10.3 Å². The molecule has 0 fully saturated rings. The van der Waals surface area contributed by atoms with Crippen LogP contribution >= 0.6 is 0 Å². The Morgan fingerprint density at radius 1 is 1.50 bits per heavy atom. The third-order valence-electron chi connectivity index (χ3n) is 1.68. The molecule has 1 unspecified atom stereocenters. The molecule has 0 spiro atoms. The minimum absolute atomic E-state index is 0.175. The predicted octanol–water partition coefficient (Wildman–Crippen LogP) is -1.11. The van der Waals surface area contributed by atoms with Crippen molar-refractivity contribution in [3.05, 3.63) is 0 Å². The zero-order valence-corrected chi connectivity index (χ0v) is 8.29. The Kier molecular flexibility index (Phi) is 6.69. The molecule has 0 aliphatic rings. The number of primary amides is 1. The van der Waals surface area contributed by atoms with Crippen LogP contribution in [0.15, 0.2) is 0 Å². The van der Waals surface area contributed by atoms with Gasteiger partial charge in [0.1, 0.15) is 0 Å². The van der Waals surface area contributed by atoms with Crippen LogP contribution in [0.4, 0.5) is 0 Å². The van der Waals surface area contributed by atoms with Crippen molar-refractivity contribution in [2.24, 2.45) is 17.4 Å². The highest BCUT2D eigenvalue weighted by atomic mass is 16.7. The van der Waals surface area contributed by atoms with E-state index in [0.717, 1.165) is 6.42 Å². The molecule has 0 aromatic rings. The normalized spacial score (nSPS) is 12.1. The second-order valence-corrected chi connectivity index (χ2v) is 3.05. The molecule has 2 amide bonds.